The summed E-state index contributed by atoms with van der Waals surface area (Å²) in [6.45, 7) is 6.61. The number of nitrogens with zero attached hydrogens (tertiary/aromatic N) is 1. The number of aliphatic hydroxyl groups excluding tert-OH is 2. The number of carbonyl (C=O) groups is 4. The SMILES string of the molecule is CCOC(=O)CCNC(=O)C(c1ccc(O)c(C)c1)N(CCO)C(=O)C(CO)NC(=O)OC(C)(C)C. The Bertz CT molecular complexity index is 915. The number of hydrogen-bond donors (Lipinski definition) is 5. The molecule has 0 radical (unpaired) electrons. The Hall–Kier alpha value is -3.38. The minimum atomic E-state index is -1.47. The molecule has 0 saturated carbocycles. The first-order chi connectivity index (χ1) is 16.8. The lowest BCUT2D eigenvalue weighted by Crippen LogP contribution is -2.55. The topological polar surface area (TPSA) is 175 Å². The van der Waals surface area contributed by atoms with E-state index in [1.165, 1.54) is 18.2 Å². The van der Waals surface area contributed by atoms with Crippen molar-refractivity contribution in [3.8, 4) is 5.75 Å². The molecule has 12 nitrogen and oxygen atoms in total. The van der Waals surface area contributed by atoms with Gasteiger partial charge in [-0.15, -0.1) is 0 Å². The Labute approximate surface area is 210 Å². The van der Waals surface area contributed by atoms with Crippen LogP contribution in [0.15, 0.2) is 18.2 Å². The third-order valence-electron chi connectivity index (χ3n) is 4.83. The second-order valence-corrected chi connectivity index (χ2v) is 8.93. The van der Waals surface area contributed by atoms with Crippen molar-refractivity contribution in [2.24, 2.45) is 0 Å². The summed E-state index contributed by atoms with van der Waals surface area (Å²) in [5.74, 6) is -2.08. The molecule has 0 saturated heterocycles. The molecular weight excluding hydrogens is 474 g/mol. The molecule has 0 spiro atoms. The number of benzene rings is 1. The standard InChI is InChI=1S/C24H37N3O9/c1-6-35-19(31)9-10-25-21(32)20(16-7-8-18(30)15(2)13-16)27(11-12-28)22(33)17(14-29)26-23(34)36-24(3,4)5/h7-8,13,17,20,28-30H,6,9-12,14H2,1-5H3,(H,25,32)(H,26,34). The van der Waals surface area contributed by atoms with Crippen LogP contribution in [0.3, 0.4) is 0 Å². The molecule has 0 aromatic heterocycles. The molecule has 0 aliphatic heterocycles. The van der Waals surface area contributed by atoms with Gasteiger partial charge in [0.1, 0.15) is 23.4 Å². The van der Waals surface area contributed by atoms with E-state index in [1.807, 2.05) is 0 Å². The summed E-state index contributed by atoms with van der Waals surface area (Å²) >= 11 is 0. The summed E-state index contributed by atoms with van der Waals surface area (Å²) in [6, 6.07) is 1.50. The molecule has 1 rings (SSSR count). The Balaban J connectivity index is 3.29. The first-order valence-electron chi connectivity index (χ1n) is 11.6. The number of carbonyl (C=O) groups excluding carboxylic acids is 4. The number of aryl methyl sites for hydroxylation is 1. The highest BCUT2D eigenvalue weighted by atomic mass is 16.6. The number of esters is 1. The fourth-order valence-corrected chi connectivity index (χ4v) is 3.25. The zero-order valence-corrected chi connectivity index (χ0v) is 21.4. The van der Waals surface area contributed by atoms with Crippen LogP contribution in [0.1, 0.15) is 51.3 Å². The number of hydrogen-bond acceptors (Lipinski definition) is 9. The predicted molar refractivity (Wildman–Crippen MR) is 129 cm³/mol. The highest BCUT2D eigenvalue weighted by Crippen LogP contribution is 2.27. The summed E-state index contributed by atoms with van der Waals surface area (Å²) in [7, 11) is 0. The molecule has 0 aliphatic carbocycles. The molecular formula is C24H37N3O9. The molecule has 36 heavy (non-hydrogen) atoms. The van der Waals surface area contributed by atoms with E-state index in [1.54, 1.807) is 34.6 Å². The number of phenolic OH excluding ortho intramolecular Hbond substituents is 1. The molecule has 2 unspecified atom stereocenters. The lowest BCUT2D eigenvalue weighted by Gasteiger charge is -2.33. The van der Waals surface area contributed by atoms with E-state index in [0.29, 0.717) is 11.1 Å². The minimum Gasteiger partial charge on any atom is -0.508 e. The number of ether oxygens (including phenoxy) is 2. The van der Waals surface area contributed by atoms with E-state index in [0.717, 1.165) is 4.90 Å². The monoisotopic (exact) mass is 511 g/mol. The first-order valence-corrected chi connectivity index (χ1v) is 11.6. The summed E-state index contributed by atoms with van der Waals surface area (Å²) in [5.41, 5.74) is -0.128. The van der Waals surface area contributed by atoms with Crippen molar-refractivity contribution in [3.63, 3.8) is 0 Å². The van der Waals surface area contributed by atoms with Gasteiger partial charge in [0.25, 0.3) is 0 Å². The van der Waals surface area contributed by atoms with Crippen molar-refractivity contribution < 1.29 is 44.0 Å². The quantitative estimate of drug-likeness (QED) is 0.251. The molecule has 0 heterocycles. The van der Waals surface area contributed by atoms with Crippen molar-refractivity contribution in [1.82, 2.24) is 15.5 Å². The second-order valence-electron chi connectivity index (χ2n) is 8.93. The van der Waals surface area contributed by atoms with Crippen LogP contribution in [-0.4, -0.2) is 88.6 Å². The van der Waals surface area contributed by atoms with E-state index in [9.17, 15) is 34.5 Å². The number of nitrogens with one attached hydrogen (secondary N) is 2. The Kier molecular flexibility index (Phi) is 12.1. The normalized spacial score (nSPS) is 12.8. The van der Waals surface area contributed by atoms with Crippen molar-refractivity contribution in [2.45, 2.75) is 58.7 Å². The highest BCUT2D eigenvalue weighted by Gasteiger charge is 2.36. The first kappa shape index (κ1) is 30.7. The van der Waals surface area contributed by atoms with Crippen LogP contribution in [0, 0.1) is 6.92 Å². The van der Waals surface area contributed by atoms with Gasteiger partial charge in [0.15, 0.2) is 0 Å². The van der Waals surface area contributed by atoms with Gasteiger partial charge in [-0.3, -0.25) is 14.4 Å². The molecule has 0 bridgehead atoms. The Morgan fingerprint density at radius 1 is 1.14 bits per heavy atom. The number of rotatable bonds is 12. The Morgan fingerprint density at radius 3 is 2.33 bits per heavy atom. The van der Waals surface area contributed by atoms with Crippen molar-refractivity contribution in [1.29, 1.82) is 0 Å². The van der Waals surface area contributed by atoms with Crippen LogP contribution in [-0.2, 0) is 23.9 Å². The van der Waals surface area contributed by atoms with Gasteiger partial charge in [-0.25, -0.2) is 4.79 Å². The molecule has 5 N–H and O–H groups in total. The lowest BCUT2D eigenvalue weighted by atomic mass is 10.00. The maximum atomic E-state index is 13.4. The van der Waals surface area contributed by atoms with E-state index in [2.05, 4.69) is 10.6 Å². The van der Waals surface area contributed by atoms with Gasteiger partial charge in [0.05, 0.1) is 26.2 Å². The second kappa shape index (κ2) is 14.2. The molecule has 3 amide bonds. The molecule has 12 heteroatoms. The van der Waals surface area contributed by atoms with Gasteiger partial charge in [-0.1, -0.05) is 6.07 Å². The van der Waals surface area contributed by atoms with E-state index < -0.39 is 54.8 Å². The molecule has 0 fully saturated rings. The maximum absolute atomic E-state index is 13.4. The van der Waals surface area contributed by atoms with Crippen molar-refractivity contribution >= 4 is 23.9 Å². The zero-order chi connectivity index (χ0) is 27.5. The van der Waals surface area contributed by atoms with Gasteiger partial charge in [0, 0.05) is 13.1 Å². The van der Waals surface area contributed by atoms with Crippen LogP contribution < -0.4 is 10.6 Å². The Morgan fingerprint density at radius 2 is 1.81 bits per heavy atom. The summed E-state index contributed by atoms with van der Waals surface area (Å²) < 4.78 is 9.99. The minimum absolute atomic E-state index is 0.0277. The van der Waals surface area contributed by atoms with Gasteiger partial charge in [-0.05, 0) is 57.9 Å². The predicted octanol–water partition coefficient (Wildman–Crippen LogP) is 0.518. The van der Waals surface area contributed by atoms with Crippen LogP contribution in [0.2, 0.25) is 0 Å². The number of aromatic hydroxyl groups is 1. The van der Waals surface area contributed by atoms with Crippen LogP contribution >= 0.6 is 0 Å². The highest BCUT2D eigenvalue weighted by molar-refractivity contribution is 5.92. The van der Waals surface area contributed by atoms with E-state index in [4.69, 9.17) is 9.47 Å². The largest absolute Gasteiger partial charge is 0.508 e. The van der Waals surface area contributed by atoms with E-state index >= 15 is 0 Å². The molecule has 0 aliphatic rings. The number of alkyl carbamates (subject to hydrolysis) is 1. The van der Waals surface area contributed by atoms with Crippen LogP contribution in [0.25, 0.3) is 0 Å². The van der Waals surface area contributed by atoms with Gasteiger partial charge in [-0.2, -0.15) is 0 Å². The third kappa shape index (κ3) is 9.70. The number of phenols is 1. The fourth-order valence-electron chi connectivity index (χ4n) is 3.25. The van der Waals surface area contributed by atoms with Crippen molar-refractivity contribution in [3.05, 3.63) is 29.3 Å². The smallest absolute Gasteiger partial charge is 0.408 e. The summed E-state index contributed by atoms with van der Waals surface area (Å²) in [4.78, 5) is 51.5. The summed E-state index contributed by atoms with van der Waals surface area (Å²) in [6.07, 6.45) is -1.05. The zero-order valence-electron chi connectivity index (χ0n) is 21.4. The van der Waals surface area contributed by atoms with Gasteiger partial charge < -0.3 is 40.3 Å². The number of aliphatic hydroxyl groups is 2. The molecule has 1 aromatic carbocycles. The molecule has 1 aromatic rings. The molecule has 202 valence electrons. The van der Waals surface area contributed by atoms with E-state index in [-0.39, 0.29) is 31.9 Å². The molecule has 2 atom stereocenters. The average Bonchev–Trinajstić information content (AvgIpc) is 2.78. The van der Waals surface area contributed by atoms with Gasteiger partial charge in [0.2, 0.25) is 11.8 Å². The summed E-state index contributed by atoms with van der Waals surface area (Å²) in [5, 5.41) is 34.3. The maximum Gasteiger partial charge on any atom is 0.408 e. The lowest BCUT2D eigenvalue weighted by molar-refractivity contribution is -0.145. The van der Waals surface area contributed by atoms with Gasteiger partial charge >= 0.3 is 12.1 Å². The average molecular weight is 512 g/mol. The van der Waals surface area contributed by atoms with Crippen LogP contribution in [0.4, 0.5) is 4.79 Å². The number of amides is 3. The van der Waals surface area contributed by atoms with Crippen LogP contribution in [0.5, 0.6) is 5.75 Å². The third-order valence-corrected chi connectivity index (χ3v) is 4.83. The van der Waals surface area contributed by atoms with Crippen molar-refractivity contribution in [2.75, 3.05) is 32.9 Å². The fraction of sp³-hybridized carbons (Fsp3) is 0.583.